The zero-order valence-electron chi connectivity index (χ0n) is 14.6. The van der Waals surface area contributed by atoms with Crippen LogP contribution in [-0.4, -0.2) is 35.8 Å². The number of halogens is 1. The van der Waals surface area contributed by atoms with E-state index in [0.29, 0.717) is 18.7 Å². The summed E-state index contributed by atoms with van der Waals surface area (Å²) in [6.45, 7) is 8.43. The van der Waals surface area contributed by atoms with Crippen LogP contribution in [0, 0.1) is 5.92 Å². The van der Waals surface area contributed by atoms with E-state index in [0.717, 1.165) is 5.56 Å². The molecule has 0 aliphatic rings. The number of hydrogen-bond acceptors (Lipinski definition) is 3. The smallest absolute Gasteiger partial charge is 0.251 e. The number of amides is 2. The Hall–Kier alpha value is -1.59. The summed E-state index contributed by atoms with van der Waals surface area (Å²) in [6, 6.07) is 7.28. The van der Waals surface area contributed by atoms with Crippen molar-refractivity contribution in [1.82, 2.24) is 10.2 Å². The summed E-state index contributed by atoms with van der Waals surface area (Å²) in [5, 5.41) is 2.89. The second kappa shape index (κ2) is 8.89. The highest BCUT2D eigenvalue weighted by molar-refractivity contribution is 5.94. The Morgan fingerprint density at radius 2 is 1.74 bits per heavy atom. The molecule has 23 heavy (non-hydrogen) atoms. The molecule has 0 aliphatic carbocycles. The summed E-state index contributed by atoms with van der Waals surface area (Å²) < 4.78 is 0. The van der Waals surface area contributed by atoms with Crippen molar-refractivity contribution in [3.8, 4) is 0 Å². The molecule has 1 aromatic carbocycles. The van der Waals surface area contributed by atoms with E-state index >= 15 is 0 Å². The third kappa shape index (κ3) is 6.59. The van der Waals surface area contributed by atoms with Gasteiger partial charge in [0, 0.05) is 37.2 Å². The van der Waals surface area contributed by atoms with Crippen molar-refractivity contribution in [3.05, 3.63) is 35.4 Å². The Balaban J connectivity index is 0.00000484. The molecule has 0 aliphatic heterocycles. The van der Waals surface area contributed by atoms with Crippen LogP contribution in [0.4, 0.5) is 0 Å². The number of nitrogens with zero attached hydrogens (tertiary/aromatic N) is 1. The Morgan fingerprint density at radius 3 is 2.17 bits per heavy atom. The highest BCUT2D eigenvalue weighted by Gasteiger charge is 2.19. The standard InChI is InChI=1S/C17H27N3O2.ClH/c1-12(2)16(22)20(5)10-13-6-8-14(9-7-13)15(21)19-17(3,4)11-18;/h6-9,12H,10-11,18H2,1-5H3,(H,19,21);1H. The normalized spacial score (nSPS) is 10.9. The van der Waals surface area contributed by atoms with Gasteiger partial charge in [0.1, 0.15) is 0 Å². The average molecular weight is 342 g/mol. The fourth-order valence-corrected chi connectivity index (χ4v) is 1.98. The summed E-state index contributed by atoms with van der Waals surface area (Å²) in [5.41, 5.74) is 6.76. The largest absolute Gasteiger partial charge is 0.346 e. The van der Waals surface area contributed by atoms with Crippen LogP contribution < -0.4 is 11.1 Å². The summed E-state index contributed by atoms with van der Waals surface area (Å²) >= 11 is 0. The van der Waals surface area contributed by atoms with Crippen LogP contribution in [0.3, 0.4) is 0 Å². The topological polar surface area (TPSA) is 75.4 Å². The molecule has 0 saturated carbocycles. The average Bonchev–Trinajstić information content (AvgIpc) is 2.46. The van der Waals surface area contributed by atoms with E-state index in [9.17, 15) is 9.59 Å². The summed E-state index contributed by atoms with van der Waals surface area (Å²) in [4.78, 5) is 25.7. The quantitative estimate of drug-likeness (QED) is 0.832. The summed E-state index contributed by atoms with van der Waals surface area (Å²) in [7, 11) is 1.78. The molecule has 0 unspecified atom stereocenters. The van der Waals surface area contributed by atoms with Gasteiger partial charge in [0.25, 0.3) is 5.91 Å². The highest BCUT2D eigenvalue weighted by Crippen LogP contribution is 2.10. The summed E-state index contributed by atoms with van der Waals surface area (Å²) in [5.74, 6) is -0.0614. The van der Waals surface area contributed by atoms with Crippen molar-refractivity contribution in [2.45, 2.75) is 39.8 Å². The Labute approximate surface area is 145 Å². The number of rotatable bonds is 6. The van der Waals surface area contributed by atoms with Crippen LogP contribution in [0.15, 0.2) is 24.3 Å². The lowest BCUT2D eigenvalue weighted by molar-refractivity contribution is -0.133. The fraction of sp³-hybridized carbons (Fsp3) is 0.529. The monoisotopic (exact) mass is 341 g/mol. The van der Waals surface area contributed by atoms with Gasteiger partial charge in [-0.3, -0.25) is 9.59 Å². The number of nitrogens with two attached hydrogens (primary N) is 1. The van der Waals surface area contributed by atoms with Crippen LogP contribution in [0.25, 0.3) is 0 Å². The number of carbonyl (C=O) groups excluding carboxylic acids is 2. The van der Waals surface area contributed by atoms with Crippen LogP contribution >= 0.6 is 12.4 Å². The zero-order valence-corrected chi connectivity index (χ0v) is 15.4. The van der Waals surface area contributed by atoms with Gasteiger partial charge in [-0.2, -0.15) is 0 Å². The third-order valence-electron chi connectivity index (χ3n) is 3.47. The van der Waals surface area contributed by atoms with Crippen molar-refractivity contribution in [1.29, 1.82) is 0 Å². The van der Waals surface area contributed by atoms with Gasteiger partial charge in [0.15, 0.2) is 0 Å². The zero-order chi connectivity index (χ0) is 16.9. The molecule has 5 nitrogen and oxygen atoms in total. The van der Waals surface area contributed by atoms with Crippen molar-refractivity contribution < 1.29 is 9.59 Å². The molecule has 0 fully saturated rings. The van der Waals surface area contributed by atoms with Crippen molar-refractivity contribution >= 4 is 24.2 Å². The molecule has 1 aromatic rings. The number of benzene rings is 1. The van der Waals surface area contributed by atoms with Gasteiger partial charge >= 0.3 is 0 Å². The van der Waals surface area contributed by atoms with Gasteiger partial charge < -0.3 is 16.0 Å². The molecule has 0 heterocycles. The minimum Gasteiger partial charge on any atom is -0.346 e. The van der Waals surface area contributed by atoms with Crippen molar-refractivity contribution in [3.63, 3.8) is 0 Å². The van der Waals surface area contributed by atoms with E-state index in [4.69, 9.17) is 5.73 Å². The second-order valence-electron chi connectivity index (χ2n) is 6.59. The lowest BCUT2D eigenvalue weighted by Gasteiger charge is -2.24. The molecule has 6 heteroatoms. The van der Waals surface area contributed by atoms with E-state index in [1.165, 1.54) is 0 Å². The van der Waals surface area contributed by atoms with E-state index in [1.54, 1.807) is 24.1 Å². The van der Waals surface area contributed by atoms with Crippen LogP contribution in [-0.2, 0) is 11.3 Å². The first kappa shape index (κ1) is 21.4. The van der Waals surface area contributed by atoms with E-state index in [-0.39, 0.29) is 30.1 Å². The summed E-state index contributed by atoms with van der Waals surface area (Å²) in [6.07, 6.45) is 0. The van der Waals surface area contributed by atoms with Gasteiger partial charge in [0.05, 0.1) is 0 Å². The first-order valence-corrected chi connectivity index (χ1v) is 7.53. The first-order valence-electron chi connectivity index (χ1n) is 7.53. The van der Waals surface area contributed by atoms with Gasteiger partial charge in [-0.1, -0.05) is 26.0 Å². The predicted octanol–water partition coefficient (Wildman–Crippen LogP) is 2.19. The first-order chi connectivity index (χ1) is 10.2. The molecule has 0 saturated heterocycles. The molecule has 0 bridgehead atoms. The minimum absolute atomic E-state index is 0. The molecule has 2 amide bonds. The van der Waals surface area contributed by atoms with Gasteiger partial charge in [0.2, 0.25) is 5.91 Å². The molecular formula is C17H28ClN3O2. The van der Waals surface area contributed by atoms with Crippen LogP contribution in [0.2, 0.25) is 0 Å². The Bertz CT molecular complexity index is 527. The SMILES string of the molecule is CC(C)C(=O)N(C)Cc1ccc(C(=O)NC(C)(C)CN)cc1.Cl. The molecule has 1 rings (SSSR count). The fourth-order valence-electron chi connectivity index (χ4n) is 1.98. The number of nitrogens with one attached hydrogen (secondary N) is 1. The predicted molar refractivity (Wildman–Crippen MR) is 95.6 cm³/mol. The molecule has 130 valence electrons. The second-order valence-corrected chi connectivity index (χ2v) is 6.59. The molecule has 0 spiro atoms. The maximum atomic E-state index is 12.1. The minimum atomic E-state index is -0.431. The number of hydrogen-bond donors (Lipinski definition) is 2. The van der Waals surface area contributed by atoms with Crippen molar-refractivity contribution in [2.75, 3.05) is 13.6 Å². The van der Waals surface area contributed by atoms with Crippen LogP contribution in [0.1, 0.15) is 43.6 Å². The van der Waals surface area contributed by atoms with Gasteiger partial charge in [-0.05, 0) is 31.5 Å². The highest BCUT2D eigenvalue weighted by atomic mass is 35.5. The molecular weight excluding hydrogens is 314 g/mol. The third-order valence-corrected chi connectivity index (χ3v) is 3.47. The van der Waals surface area contributed by atoms with E-state index in [1.807, 2.05) is 39.8 Å². The molecule has 0 atom stereocenters. The van der Waals surface area contributed by atoms with Gasteiger partial charge in [-0.15, -0.1) is 12.4 Å². The molecule has 3 N–H and O–H groups in total. The maximum absolute atomic E-state index is 12.1. The van der Waals surface area contributed by atoms with Crippen molar-refractivity contribution in [2.24, 2.45) is 11.7 Å². The number of carbonyl (C=O) groups is 2. The van der Waals surface area contributed by atoms with E-state index < -0.39 is 5.54 Å². The van der Waals surface area contributed by atoms with Crippen LogP contribution in [0.5, 0.6) is 0 Å². The van der Waals surface area contributed by atoms with E-state index in [2.05, 4.69) is 5.32 Å². The van der Waals surface area contributed by atoms with Gasteiger partial charge in [-0.25, -0.2) is 0 Å². The maximum Gasteiger partial charge on any atom is 0.251 e. The molecule has 0 aromatic heterocycles. The Morgan fingerprint density at radius 1 is 1.22 bits per heavy atom. The molecule has 0 radical (unpaired) electrons. The lowest BCUT2D eigenvalue weighted by Crippen LogP contribution is -2.48. The lowest BCUT2D eigenvalue weighted by atomic mass is 10.0. The Kier molecular flexibility index (Phi) is 8.28.